The van der Waals surface area contributed by atoms with Gasteiger partial charge in [0.15, 0.2) is 0 Å². The van der Waals surface area contributed by atoms with E-state index in [9.17, 15) is 10.5 Å². The maximum Gasteiger partial charge on any atom is 0.0991 e. The molecule has 0 heterocycles. The lowest BCUT2D eigenvalue weighted by Gasteiger charge is -2.29. The first-order chi connectivity index (χ1) is 41.4. The molecule has 6 heteroatoms. The van der Waals surface area contributed by atoms with Crippen LogP contribution in [0, 0.1) is 36.5 Å². The predicted octanol–water partition coefficient (Wildman–Crippen LogP) is 21.6. The smallest absolute Gasteiger partial charge is 0.0991 e. The number of anilines is 12. The Morgan fingerprint density at radius 1 is 0.226 bits per heavy atom. The summed E-state index contributed by atoms with van der Waals surface area (Å²) in [5, 5.41) is 24.1. The van der Waals surface area contributed by atoms with Crippen LogP contribution < -0.4 is 19.6 Å². The van der Waals surface area contributed by atoms with E-state index in [0.29, 0.717) is 11.1 Å². The minimum Gasteiger partial charge on any atom is -0.311 e. The van der Waals surface area contributed by atoms with Gasteiger partial charge in [0.1, 0.15) is 0 Å². The summed E-state index contributed by atoms with van der Waals surface area (Å²) in [6, 6.07) is 111. The third kappa shape index (κ3) is 10.2. The zero-order chi connectivity index (χ0) is 56.9. The molecule has 0 atom stereocenters. The minimum atomic E-state index is 0.599. The van der Waals surface area contributed by atoms with Crippen LogP contribution in [0.25, 0.3) is 43.8 Å². The molecule has 13 aromatic rings. The Bertz CT molecular complexity index is 4140. The number of hydrogen-bond donors (Lipinski definition) is 0. The second-order valence-electron chi connectivity index (χ2n) is 21.0. The van der Waals surface area contributed by atoms with Gasteiger partial charge in [-0.15, -0.1) is 0 Å². The lowest BCUT2D eigenvalue weighted by molar-refractivity contribution is 1.27. The van der Waals surface area contributed by atoms with Crippen LogP contribution in [0.15, 0.2) is 303 Å². The van der Waals surface area contributed by atoms with Crippen molar-refractivity contribution in [2.75, 3.05) is 19.6 Å². The lowest BCUT2D eigenvalue weighted by atomic mass is 9.85. The van der Waals surface area contributed by atoms with Gasteiger partial charge in [-0.05, 0) is 228 Å². The van der Waals surface area contributed by atoms with E-state index in [0.717, 1.165) is 123 Å². The number of aryl methyl sites for hydroxylation is 2. The molecule has 0 aliphatic carbocycles. The summed E-state index contributed by atoms with van der Waals surface area (Å²) in [5.74, 6) is 0. The summed E-state index contributed by atoms with van der Waals surface area (Å²) in [6.45, 7) is 4.22. The number of para-hydroxylation sites is 4. The highest BCUT2D eigenvalue weighted by Gasteiger charge is 2.24. The fraction of sp³-hybridized carbons (Fsp3) is 0.0256. The van der Waals surface area contributed by atoms with Crippen molar-refractivity contribution >= 4 is 89.8 Å². The molecule has 0 amide bonds. The summed E-state index contributed by atoms with van der Waals surface area (Å²) >= 11 is 0. The first kappa shape index (κ1) is 52.0. The molecular formula is C78H56N6. The van der Waals surface area contributed by atoms with Gasteiger partial charge in [-0.3, -0.25) is 0 Å². The maximum atomic E-state index is 9.92. The van der Waals surface area contributed by atoms with Gasteiger partial charge in [0.25, 0.3) is 0 Å². The van der Waals surface area contributed by atoms with Crippen molar-refractivity contribution in [1.82, 2.24) is 0 Å². The number of fused-ring (bicyclic) bond motifs is 2. The van der Waals surface area contributed by atoms with Crippen LogP contribution in [-0.4, -0.2) is 0 Å². The number of rotatable bonds is 14. The van der Waals surface area contributed by atoms with E-state index in [1.807, 2.05) is 48.5 Å². The van der Waals surface area contributed by atoms with E-state index in [2.05, 4.69) is 300 Å². The molecule has 13 rings (SSSR count). The zero-order valence-corrected chi connectivity index (χ0v) is 46.6. The number of nitrogens with zero attached hydrogens (tertiary/aromatic N) is 6. The van der Waals surface area contributed by atoms with E-state index in [1.165, 1.54) is 0 Å². The first-order valence-electron chi connectivity index (χ1n) is 28.2. The van der Waals surface area contributed by atoms with Crippen molar-refractivity contribution in [1.29, 1.82) is 10.5 Å². The van der Waals surface area contributed by atoms with Crippen LogP contribution in [0.1, 0.15) is 22.3 Å². The van der Waals surface area contributed by atoms with Crippen LogP contribution in [0.5, 0.6) is 0 Å². The number of hydrogen-bond acceptors (Lipinski definition) is 6. The van der Waals surface area contributed by atoms with Crippen LogP contribution in [-0.2, 0) is 0 Å². The molecular weight excluding hydrogens is 1020 g/mol. The highest BCUT2D eigenvalue weighted by Crippen LogP contribution is 2.50. The Morgan fingerprint density at radius 2 is 0.452 bits per heavy atom. The van der Waals surface area contributed by atoms with Crippen LogP contribution in [0.4, 0.5) is 68.2 Å². The van der Waals surface area contributed by atoms with Gasteiger partial charge in [-0.2, -0.15) is 10.5 Å². The average Bonchev–Trinajstić information content (AvgIpc) is 1.11. The number of nitriles is 2. The maximum absolute atomic E-state index is 9.92. The summed E-state index contributed by atoms with van der Waals surface area (Å²) in [5.41, 5.74) is 20.0. The third-order valence-electron chi connectivity index (χ3n) is 15.6. The first-order valence-corrected chi connectivity index (χ1v) is 28.2. The van der Waals surface area contributed by atoms with Crippen LogP contribution >= 0.6 is 0 Å². The molecule has 0 fully saturated rings. The molecule has 398 valence electrons. The minimum absolute atomic E-state index is 0.599. The zero-order valence-electron chi connectivity index (χ0n) is 46.6. The van der Waals surface area contributed by atoms with Gasteiger partial charge in [0.2, 0.25) is 0 Å². The van der Waals surface area contributed by atoms with Gasteiger partial charge >= 0.3 is 0 Å². The molecule has 0 aliphatic rings. The van der Waals surface area contributed by atoms with Crippen LogP contribution in [0.3, 0.4) is 0 Å². The second kappa shape index (κ2) is 23.0. The van der Waals surface area contributed by atoms with Gasteiger partial charge < -0.3 is 19.6 Å². The largest absolute Gasteiger partial charge is 0.311 e. The lowest BCUT2D eigenvalue weighted by Crippen LogP contribution is -2.11. The molecule has 0 aliphatic heterocycles. The Balaban J connectivity index is 1.09. The van der Waals surface area contributed by atoms with Crippen molar-refractivity contribution in [3.05, 3.63) is 326 Å². The molecule has 0 saturated heterocycles. The summed E-state index contributed by atoms with van der Waals surface area (Å²) in [7, 11) is 0. The summed E-state index contributed by atoms with van der Waals surface area (Å²) < 4.78 is 0. The van der Waals surface area contributed by atoms with Crippen molar-refractivity contribution in [2.45, 2.75) is 13.8 Å². The van der Waals surface area contributed by atoms with Crippen LogP contribution in [0.2, 0.25) is 0 Å². The fourth-order valence-electron chi connectivity index (χ4n) is 11.5. The highest BCUT2D eigenvalue weighted by atomic mass is 15.2. The van der Waals surface area contributed by atoms with E-state index in [4.69, 9.17) is 0 Å². The molecule has 0 spiro atoms. The molecule has 0 saturated carbocycles. The quantitative estimate of drug-likeness (QED) is 0.101. The Hall–Kier alpha value is -11.4. The van der Waals surface area contributed by atoms with E-state index in [1.54, 1.807) is 0 Å². The fourth-order valence-corrected chi connectivity index (χ4v) is 11.5. The molecule has 0 radical (unpaired) electrons. The summed E-state index contributed by atoms with van der Waals surface area (Å²) in [4.78, 5) is 9.16. The molecule has 13 aromatic carbocycles. The molecule has 84 heavy (non-hydrogen) atoms. The van der Waals surface area contributed by atoms with Gasteiger partial charge in [-0.1, -0.05) is 145 Å². The Morgan fingerprint density at radius 3 is 0.726 bits per heavy atom. The topological polar surface area (TPSA) is 60.5 Å². The molecule has 0 aromatic heterocycles. The standard InChI is InChI=1S/C78H56N6/c1-55-23-35-65(36-24-55)83(67-39-27-57(53-79)28-40-67)71-47-49-73-75(51-71)77(59-31-43-69(44-32-59)81(61-15-7-3-8-16-61)62-17-9-4-10-18-62)74-50-48-72(84(66-37-25-56(2)26-38-66)68-41-29-58(54-80)30-42-68)52-76(74)78(73)60-33-45-70(46-34-60)82(63-19-11-5-12-20-63)64-21-13-6-14-22-64/h3-52H,1-2H3. The van der Waals surface area contributed by atoms with Gasteiger partial charge in [-0.25, -0.2) is 0 Å². The second-order valence-corrected chi connectivity index (χ2v) is 21.0. The SMILES string of the molecule is Cc1ccc(N(c2ccc(C#N)cc2)c2ccc3c(-c4ccc(N(c5ccccc5)c5ccccc5)cc4)c4cc(N(c5ccc(C)cc5)c5ccc(C#N)cc5)ccc4c(-c4ccc(N(c5ccccc5)c5ccccc5)cc4)c3c2)cc1. The molecule has 0 unspecified atom stereocenters. The normalized spacial score (nSPS) is 11.0. The average molecular weight is 1080 g/mol. The van der Waals surface area contributed by atoms with E-state index >= 15 is 0 Å². The third-order valence-corrected chi connectivity index (χ3v) is 15.6. The Labute approximate surface area is 491 Å². The molecule has 0 bridgehead atoms. The number of benzene rings is 13. The Kier molecular flexibility index (Phi) is 14.2. The highest BCUT2D eigenvalue weighted by molar-refractivity contribution is 6.23. The van der Waals surface area contributed by atoms with Crippen molar-refractivity contribution in [3.8, 4) is 34.4 Å². The van der Waals surface area contributed by atoms with E-state index in [-0.39, 0.29) is 0 Å². The van der Waals surface area contributed by atoms with Gasteiger partial charge in [0.05, 0.1) is 23.3 Å². The van der Waals surface area contributed by atoms with Gasteiger partial charge in [0, 0.05) is 68.2 Å². The monoisotopic (exact) mass is 1080 g/mol. The van der Waals surface area contributed by atoms with Crippen molar-refractivity contribution in [2.24, 2.45) is 0 Å². The molecule has 6 nitrogen and oxygen atoms in total. The predicted molar refractivity (Wildman–Crippen MR) is 350 cm³/mol. The van der Waals surface area contributed by atoms with E-state index < -0.39 is 0 Å². The molecule has 0 N–H and O–H groups in total. The summed E-state index contributed by atoms with van der Waals surface area (Å²) in [6.07, 6.45) is 0. The van der Waals surface area contributed by atoms with Crippen molar-refractivity contribution < 1.29 is 0 Å². The van der Waals surface area contributed by atoms with Crippen molar-refractivity contribution in [3.63, 3.8) is 0 Å².